The number of benzene rings is 1. The van der Waals surface area contributed by atoms with Gasteiger partial charge < -0.3 is 10.3 Å². The monoisotopic (exact) mass is 323 g/mol. The van der Waals surface area contributed by atoms with Crippen LogP contribution >= 0.6 is 0 Å². The molecule has 2 heterocycles. The molecular weight excluding hydrogens is 306 g/mol. The molecule has 3 aromatic rings. The Kier molecular flexibility index (Phi) is 3.53. The van der Waals surface area contributed by atoms with Crippen molar-refractivity contribution in [2.75, 3.05) is 5.32 Å². The summed E-state index contributed by atoms with van der Waals surface area (Å²) in [6.45, 7) is 0. The van der Waals surface area contributed by atoms with Gasteiger partial charge in [-0.2, -0.15) is 5.10 Å². The van der Waals surface area contributed by atoms with E-state index in [1.165, 1.54) is 4.57 Å². The molecule has 1 amide bonds. The summed E-state index contributed by atoms with van der Waals surface area (Å²) in [5.41, 5.74) is 3.19. The predicted molar refractivity (Wildman–Crippen MR) is 89.3 cm³/mol. The number of nitrogens with one attached hydrogen (secondary N) is 3. The zero-order valence-corrected chi connectivity index (χ0v) is 13.0. The number of H-pyrrole nitrogens is 2. The zero-order chi connectivity index (χ0) is 16.5. The lowest BCUT2D eigenvalue weighted by Gasteiger charge is -2.21. The quantitative estimate of drug-likeness (QED) is 0.687. The van der Waals surface area contributed by atoms with Crippen molar-refractivity contribution in [1.82, 2.24) is 19.7 Å². The van der Waals surface area contributed by atoms with E-state index >= 15 is 0 Å². The van der Waals surface area contributed by atoms with E-state index in [1.807, 2.05) is 18.2 Å². The average molecular weight is 323 g/mol. The Morgan fingerprint density at radius 3 is 3.12 bits per heavy atom. The van der Waals surface area contributed by atoms with Gasteiger partial charge in [-0.05, 0) is 37.5 Å². The molecule has 7 heteroatoms. The largest absolute Gasteiger partial charge is 0.330 e. The van der Waals surface area contributed by atoms with E-state index in [2.05, 4.69) is 20.5 Å². The number of aryl methyl sites for hydroxylation is 1. The fraction of sp³-hybridized carbons (Fsp3) is 0.235. The Morgan fingerprint density at radius 2 is 2.29 bits per heavy atom. The van der Waals surface area contributed by atoms with Gasteiger partial charge in [-0.15, -0.1) is 0 Å². The van der Waals surface area contributed by atoms with Crippen molar-refractivity contribution in [3.8, 4) is 5.69 Å². The van der Waals surface area contributed by atoms with Crippen LogP contribution in [0.4, 0.5) is 5.69 Å². The summed E-state index contributed by atoms with van der Waals surface area (Å²) in [5.74, 6) is -0.234. The number of aromatic nitrogens is 4. The molecule has 1 unspecified atom stereocenters. The fourth-order valence-electron chi connectivity index (χ4n) is 3.22. The van der Waals surface area contributed by atoms with Gasteiger partial charge in [-0.1, -0.05) is 6.07 Å². The lowest BCUT2D eigenvalue weighted by Crippen LogP contribution is -2.24. The number of fused-ring (bicyclic) bond motifs is 1. The topological polar surface area (TPSA) is 95.6 Å². The molecular formula is C17H17N5O2. The number of anilines is 1. The number of imidazole rings is 1. The van der Waals surface area contributed by atoms with Gasteiger partial charge in [-0.25, -0.2) is 4.79 Å². The highest BCUT2D eigenvalue weighted by molar-refractivity contribution is 5.96. The predicted octanol–water partition coefficient (Wildman–Crippen LogP) is 1.95. The first kappa shape index (κ1) is 14.5. The van der Waals surface area contributed by atoms with E-state index in [1.54, 1.807) is 24.7 Å². The minimum absolute atomic E-state index is 0.0454. The summed E-state index contributed by atoms with van der Waals surface area (Å²) in [4.78, 5) is 27.0. The number of rotatable bonds is 3. The molecule has 0 radical (unpaired) electrons. The molecule has 0 fully saturated rings. The maximum absolute atomic E-state index is 12.7. The van der Waals surface area contributed by atoms with Crippen LogP contribution in [0.2, 0.25) is 0 Å². The lowest BCUT2D eigenvalue weighted by molar-refractivity contribution is -0.117. The molecule has 0 saturated heterocycles. The lowest BCUT2D eigenvalue weighted by atomic mass is 9.86. The van der Waals surface area contributed by atoms with E-state index in [9.17, 15) is 9.59 Å². The van der Waals surface area contributed by atoms with Gasteiger partial charge in [0.15, 0.2) is 0 Å². The maximum Gasteiger partial charge on any atom is 0.330 e. The summed E-state index contributed by atoms with van der Waals surface area (Å²) in [7, 11) is 0. The van der Waals surface area contributed by atoms with Crippen LogP contribution in [0, 0.1) is 0 Å². The van der Waals surface area contributed by atoms with Crippen LogP contribution in [0.3, 0.4) is 0 Å². The van der Waals surface area contributed by atoms with Crippen molar-refractivity contribution in [2.24, 2.45) is 0 Å². The Bertz CT molecular complexity index is 936. The molecule has 4 rings (SSSR count). The Labute approximate surface area is 137 Å². The molecule has 7 nitrogen and oxygen atoms in total. The Morgan fingerprint density at radius 1 is 1.38 bits per heavy atom. The molecule has 122 valence electrons. The molecule has 24 heavy (non-hydrogen) atoms. The van der Waals surface area contributed by atoms with Gasteiger partial charge in [0.05, 0.1) is 17.8 Å². The highest BCUT2D eigenvalue weighted by atomic mass is 16.2. The second kappa shape index (κ2) is 5.84. The van der Waals surface area contributed by atoms with Crippen LogP contribution in [0.25, 0.3) is 5.69 Å². The number of hydrogen-bond acceptors (Lipinski definition) is 3. The molecule has 0 bridgehead atoms. The van der Waals surface area contributed by atoms with Crippen molar-refractivity contribution < 1.29 is 4.79 Å². The first-order valence-corrected chi connectivity index (χ1v) is 7.92. The molecule has 1 atom stereocenters. The SMILES string of the molecule is O=C(Nc1cccc(-n2cc[nH]c2=O)c1)C1CCCc2[nH]ncc21. The Hall–Kier alpha value is -3.09. The Balaban J connectivity index is 1.57. The van der Waals surface area contributed by atoms with Crippen LogP contribution < -0.4 is 11.0 Å². The molecule has 1 aromatic carbocycles. The summed E-state index contributed by atoms with van der Waals surface area (Å²) < 4.78 is 1.49. The van der Waals surface area contributed by atoms with Crippen molar-refractivity contribution >= 4 is 11.6 Å². The van der Waals surface area contributed by atoms with E-state index in [0.717, 1.165) is 30.5 Å². The van der Waals surface area contributed by atoms with E-state index in [-0.39, 0.29) is 17.5 Å². The number of hydrogen-bond donors (Lipinski definition) is 3. The number of amides is 1. The summed E-state index contributed by atoms with van der Waals surface area (Å²) in [6, 6.07) is 7.23. The third kappa shape index (κ3) is 2.54. The van der Waals surface area contributed by atoms with E-state index < -0.39 is 0 Å². The van der Waals surface area contributed by atoms with Crippen molar-refractivity contribution in [3.63, 3.8) is 0 Å². The van der Waals surface area contributed by atoms with Crippen molar-refractivity contribution in [3.05, 3.63) is 64.6 Å². The molecule has 0 spiro atoms. The summed E-state index contributed by atoms with van der Waals surface area (Å²) in [6.07, 6.45) is 7.69. The second-order valence-corrected chi connectivity index (χ2v) is 5.92. The fourth-order valence-corrected chi connectivity index (χ4v) is 3.22. The van der Waals surface area contributed by atoms with Gasteiger partial charge in [0.2, 0.25) is 5.91 Å². The summed E-state index contributed by atoms with van der Waals surface area (Å²) in [5, 5.41) is 9.98. The standard InChI is InChI=1S/C17H17N5O2/c23-16(13-5-2-6-15-14(13)10-19-21-15)20-11-3-1-4-12(9-11)22-8-7-18-17(22)24/h1,3-4,7-10,13H,2,5-6H2,(H,18,24)(H,19,21)(H,20,23). The zero-order valence-electron chi connectivity index (χ0n) is 13.0. The third-order valence-electron chi connectivity index (χ3n) is 4.40. The number of carbonyl (C=O) groups is 1. The van der Waals surface area contributed by atoms with Gasteiger partial charge in [0, 0.05) is 29.3 Å². The van der Waals surface area contributed by atoms with Gasteiger partial charge in [0.1, 0.15) is 0 Å². The first-order chi connectivity index (χ1) is 11.7. The third-order valence-corrected chi connectivity index (χ3v) is 4.40. The second-order valence-electron chi connectivity index (χ2n) is 5.92. The number of carbonyl (C=O) groups excluding carboxylic acids is 1. The van der Waals surface area contributed by atoms with Crippen molar-refractivity contribution in [2.45, 2.75) is 25.2 Å². The smallest absolute Gasteiger partial charge is 0.325 e. The van der Waals surface area contributed by atoms with Crippen LogP contribution in [0.1, 0.15) is 30.0 Å². The highest BCUT2D eigenvalue weighted by Gasteiger charge is 2.28. The highest BCUT2D eigenvalue weighted by Crippen LogP contribution is 2.31. The first-order valence-electron chi connectivity index (χ1n) is 7.92. The molecule has 1 aliphatic rings. The molecule has 3 N–H and O–H groups in total. The minimum atomic E-state index is -0.214. The normalized spacial score (nSPS) is 16.6. The average Bonchev–Trinajstić information content (AvgIpc) is 3.23. The molecule has 0 aliphatic heterocycles. The van der Waals surface area contributed by atoms with Gasteiger partial charge in [-0.3, -0.25) is 14.5 Å². The summed E-state index contributed by atoms with van der Waals surface area (Å²) >= 11 is 0. The van der Waals surface area contributed by atoms with Gasteiger partial charge >= 0.3 is 5.69 Å². The van der Waals surface area contributed by atoms with Crippen LogP contribution in [-0.2, 0) is 11.2 Å². The molecule has 0 saturated carbocycles. The number of aromatic amines is 2. The maximum atomic E-state index is 12.7. The van der Waals surface area contributed by atoms with Crippen LogP contribution in [0.15, 0.2) is 47.7 Å². The van der Waals surface area contributed by atoms with Crippen LogP contribution in [-0.4, -0.2) is 25.7 Å². The molecule has 1 aliphatic carbocycles. The van der Waals surface area contributed by atoms with Crippen LogP contribution in [0.5, 0.6) is 0 Å². The van der Waals surface area contributed by atoms with Gasteiger partial charge in [0.25, 0.3) is 0 Å². The minimum Gasteiger partial charge on any atom is -0.325 e. The van der Waals surface area contributed by atoms with E-state index in [0.29, 0.717) is 11.4 Å². The number of nitrogens with zero attached hydrogens (tertiary/aromatic N) is 2. The molecule has 2 aromatic heterocycles. The van der Waals surface area contributed by atoms with E-state index in [4.69, 9.17) is 0 Å². The van der Waals surface area contributed by atoms with Crippen molar-refractivity contribution in [1.29, 1.82) is 0 Å².